The number of amides is 1. The zero-order valence-electron chi connectivity index (χ0n) is 11.7. The van der Waals surface area contributed by atoms with Crippen molar-refractivity contribution in [3.63, 3.8) is 0 Å². The number of ether oxygens (including phenoxy) is 1. The number of benzene rings is 1. The first-order valence-electron chi connectivity index (χ1n) is 7.37. The number of nitrogens with one attached hydrogen (secondary N) is 1. The smallest absolute Gasteiger partial charge is 0.335 e. The van der Waals surface area contributed by atoms with Crippen LogP contribution in [0.1, 0.15) is 29.6 Å². The summed E-state index contributed by atoms with van der Waals surface area (Å²) >= 11 is 0. The van der Waals surface area contributed by atoms with E-state index in [0.29, 0.717) is 17.5 Å². The number of rotatable bonds is 4. The van der Waals surface area contributed by atoms with Gasteiger partial charge in [-0.1, -0.05) is 6.07 Å². The van der Waals surface area contributed by atoms with E-state index >= 15 is 0 Å². The molecule has 0 spiro atoms. The Bertz CT molecular complexity index is 551. The zero-order valence-corrected chi connectivity index (χ0v) is 11.7. The van der Waals surface area contributed by atoms with E-state index in [1.165, 1.54) is 12.1 Å². The Kier molecular flexibility index (Phi) is 3.92. The van der Waals surface area contributed by atoms with E-state index in [-0.39, 0.29) is 17.4 Å². The molecule has 112 valence electrons. The second-order valence-corrected chi connectivity index (χ2v) is 5.83. The largest absolute Gasteiger partial charge is 0.478 e. The Morgan fingerprint density at radius 2 is 2.00 bits per heavy atom. The Labute approximate surface area is 123 Å². The van der Waals surface area contributed by atoms with Gasteiger partial charge in [0.15, 0.2) is 0 Å². The van der Waals surface area contributed by atoms with Crippen LogP contribution in [0.3, 0.4) is 0 Å². The van der Waals surface area contributed by atoms with Crippen molar-refractivity contribution in [1.29, 1.82) is 0 Å². The molecule has 5 heteroatoms. The Hall–Kier alpha value is -1.88. The molecule has 0 radical (unpaired) electrons. The quantitative estimate of drug-likeness (QED) is 0.892. The summed E-state index contributed by atoms with van der Waals surface area (Å²) in [6, 6.07) is 6.37. The molecule has 1 aromatic rings. The average Bonchev–Trinajstić information content (AvgIpc) is 3.29. The van der Waals surface area contributed by atoms with E-state index in [9.17, 15) is 9.59 Å². The number of aromatic carboxylic acids is 1. The SMILES string of the molecule is O=C(O)c1cccc(NC(=O)[C@@H]2C[C@H]2C2CCOCC2)c1. The molecule has 1 amide bonds. The Morgan fingerprint density at radius 3 is 2.71 bits per heavy atom. The molecule has 1 heterocycles. The molecule has 2 fully saturated rings. The van der Waals surface area contributed by atoms with Crippen LogP contribution in [0.15, 0.2) is 24.3 Å². The monoisotopic (exact) mass is 289 g/mol. The maximum atomic E-state index is 12.2. The van der Waals surface area contributed by atoms with Gasteiger partial charge in [0, 0.05) is 24.8 Å². The molecule has 1 aliphatic heterocycles. The third kappa shape index (κ3) is 3.24. The maximum Gasteiger partial charge on any atom is 0.335 e. The highest BCUT2D eigenvalue weighted by molar-refractivity contribution is 5.96. The van der Waals surface area contributed by atoms with Gasteiger partial charge in [0.05, 0.1) is 5.56 Å². The minimum Gasteiger partial charge on any atom is -0.478 e. The van der Waals surface area contributed by atoms with Crippen LogP contribution in [0, 0.1) is 17.8 Å². The molecule has 21 heavy (non-hydrogen) atoms. The van der Waals surface area contributed by atoms with Crippen LogP contribution in [-0.2, 0) is 9.53 Å². The summed E-state index contributed by atoms with van der Waals surface area (Å²) in [6.45, 7) is 1.60. The van der Waals surface area contributed by atoms with Gasteiger partial charge in [0.2, 0.25) is 5.91 Å². The van der Waals surface area contributed by atoms with Crippen molar-refractivity contribution in [1.82, 2.24) is 0 Å². The highest BCUT2D eigenvalue weighted by atomic mass is 16.5. The molecule has 1 saturated heterocycles. The van der Waals surface area contributed by atoms with E-state index < -0.39 is 5.97 Å². The molecule has 2 aliphatic rings. The number of carbonyl (C=O) groups excluding carboxylic acids is 1. The fourth-order valence-electron chi connectivity index (χ4n) is 3.15. The number of hydrogen-bond donors (Lipinski definition) is 2. The van der Waals surface area contributed by atoms with Gasteiger partial charge in [-0.15, -0.1) is 0 Å². The Balaban J connectivity index is 1.57. The minimum absolute atomic E-state index is 0.00836. The number of carboxylic acid groups (broad SMARTS) is 1. The molecule has 0 bridgehead atoms. The van der Waals surface area contributed by atoms with Crippen LogP contribution in [0.25, 0.3) is 0 Å². The van der Waals surface area contributed by atoms with Crippen molar-refractivity contribution >= 4 is 17.6 Å². The molecule has 1 saturated carbocycles. The predicted octanol–water partition coefficient (Wildman–Crippen LogP) is 2.39. The van der Waals surface area contributed by atoms with Crippen LogP contribution in [-0.4, -0.2) is 30.2 Å². The minimum atomic E-state index is -0.988. The van der Waals surface area contributed by atoms with Crippen LogP contribution < -0.4 is 5.32 Å². The van der Waals surface area contributed by atoms with Crippen molar-refractivity contribution in [2.24, 2.45) is 17.8 Å². The number of carbonyl (C=O) groups is 2. The van der Waals surface area contributed by atoms with E-state index in [2.05, 4.69) is 5.32 Å². The van der Waals surface area contributed by atoms with Crippen LogP contribution in [0.2, 0.25) is 0 Å². The van der Waals surface area contributed by atoms with Crippen LogP contribution in [0.5, 0.6) is 0 Å². The summed E-state index contributed by atoms with van der Waals surface area (Å²) in [5.41, 5.74) is 0.738. The lowest BCUT2D eigenvalue weighted by Crippen LogP contribution is -2.21. The topological polar surface area (TPSA) is 75.6 Å². The van der Waals surface area contributed by atoms with E-state index in [0.717, 1.165) is 32.5 Å². The fourth-order valence-corrected chi connectivity index (χ4v) is 3.15. The molecule has 0 aromatic heterocycles. The van der Waals surface area contributed by atoms with Gasteiger partial charge in [0.1, 0.15) is 0 Å². The van der Waals surface area contributed by atoms with Gasteiger partial charge in [-0.25, -0.2) is 4.79 Å². The molecule has 3 rings (SSSR count). The normalized spacial score (nSPS) is 25.3. The standard InChI is InChI=1S/C16H19NO4/c18-15(14-9-13(14)10-4-6-21-7-5-10)17-12-3-1-2-11(8-12)16(19)20/h1-3,8,10,13-14H,4-7,9H2,(H,17,18)(H,19,20)/t13-,14+/m0/s1. The van der Waals surface area contributed by atoms with Crippen molar-refractivity contribution < 1.29 is 19.4 Å². The third-order valence-electron chi connectivity index (χ3n) is 4.43. The number of hydrogen-bond acceptors (Lipinski definition) is 3. The molecular formula is C16H19NO4. The van der Waals surface area contributed by atoms with Gasteiger partial charge in [-0.05, 0) is 49.3 Å². The second kappa shape index (κ2) is 5.85. The first-order valence-corrected chi connectivity index (χ1v) is 7.37. The summed E-state index contributed by atoms with van der Waals surface area (Å²) in [5.74, 6) is 0.157. The van der Waals surface area contributed by atoms with Crippen LogP contribution in [0.4, 0.5) is 5.69 Å². The van der Waals surface area contributed by atoms with E-state index in [1.54, 1.807) is 12.1 Å². The molecule has 2 atom stereocenters. The van der Waals surface area contributed by atoms with Gasteiger partial charge in [-0.2, -0.15) is 0 Å². The van der Waals surface area contributed by atoms with Gasteiger partial charge in [0.25, 0.3) is 0 Å². The van der Waals surface area contributed by atoms with Gasteiger partial charge >= 0.3 is 5.97 Å². The molecule has 2 N–H and O–H groups in total. The van der Waals surface area contributed by atoms with Crippen molar-refractivity contribution in [3.8, 4) is 0 Å². The molecule has 1 aliphatic carbocycles. The van der Waals surface area contributed by atoms with Crippen LogP contribution >= 0.6 is 0 Å². The maximum absolute atomic E-state index is 12.2. The average molecular weight is 289 g/mol. The van der Waals surface area contributed by atoms with Gasteiger partial charge in [-0.3, -0.25) is 4.79 Å². The summed E-state index contributed by atoms with van der Waals surface area (Å²) in [4.78, 5) is 23.1. The molecule has 0 unspecified atom stereocenters. The van der Waals surface area contributed by atoms with Crippen molar-refractivity contribution in [2.75, 3.05) is 18.5 Å². The molecule has 1 aromatic carbocycles. The lowest BCUT2D eigenvalue weighted by molar-refractivity contribution is -0.117. The molecule has 5 nitrogen and oxygen atoms in total. The fraction of sp³-hybridized carbons (Fsp3) is 0.500. The van der Waals surface area contributed by atoms with Crippen molar-refractivity contribution in [3.05, 3.63) is 29.8 Å². The Morgan fingerprint density at radius 1 is 1.24 bits per heavy atom. The summed E-state index contributed by atoms with van der Waals surface area (Å²) in [7, 11) is 0. The van der Waals surface area contributed by atoms with E-state index in [4.69, 9.17) is 9.84 Å². The van der Waals surface area contributed by atoms with E-state index in [1.807, 2.05) is 0 Å². The highest BCUT2D eigenvalue weighted by Gasteiger charge is 2.47. The number of anilines is 1. The lowest BCUT2D eigenvalue weighted by atomic mass is 9.93. The third-order valence-corrected chi connectivity index (χ3v) is 4.43. The first kappa shape index (κ1) is 14.1. The van der Waals surface area contributed by atoms with Gasteiger partial charge < -0.3 is 15.2 Å². The molecular weight excluding hydrogens is 270 g/mol. The lowest BCUT2D eigenvalue weighted by Gasteiger charge is -2.21. The summed E-state index contributed by atoms with van der Waals surface area (Å²) in [5, 5.41) is 11.8. The highest BCUT2D eigenvalue weighted by Crippen LogP contribution is 2.48. The van der Waals surface area contributed by atoms with Crippen molar-refractivity contribution in [2.45, 2.75) is 19.3 Å². The second-order valence-electron chi connectivity index (χ2n) is 5.83. The summed E-state index contributed by atoms with van der Waals surface area (Å²) < 4.78 is 5.35. The predicted molar refractivity (Wildman–Crippen MR) is 77.2 cm³/mol. The zero-order chi connectivity index (χ0) is 14.8. The first-order chi connectivity index (χ1) is 10.1. The summed E-state index contributed by atoms with van der Waals surface area (Å²) in [6.07, 6.45) is 3.03. The number of carboxylic acids is 1.